The van der Waals surface area contributed by atoms with Gasteiger partial charge in [-0.2, -0.15) is 5.10 Å². The van der Waals surface area contributed by atoms with Gasteiger partial charge in [-0.1, -0.05) is 54.1 Å². The zero-order valence-corrected chi connectivity index (χ0v) is 15.2. The van der Waals surface area contributed by atoms with Gasteiger partial charge in [0, 0.05) is 10.9 Å². The van der Waals surface area contributed by atoms with E-state index in [9.17, 15) is 4.79 Å². The van der Waals surface area contributed by atoms with Gasteiger partial charge in [0.1, 0.15) is 5.75 Å². The third-order valence-corrected chi connectivity index (χ3v) is 4.23. The second kappa shape index (κ2) is 7.83. The van der Waals surface area contributed by atoms with Crippen LogP contribution in [0.4, 0.5) is 0 Å². The Morgan fingerprint density at radius 2 is 1.73 bits per heavy atom. The minimum atomic E-state index is -0.295. The Hall–Kier alpha value is -3.14. The van der Waals surface area contributed by atoms with Crippen molar-refractivity contribution in [2.75, 3.05) is 6.61 Å². The van der Waals surface area contributed by atoms with E-state index in [1.54, 1.807) is 6.21 Å². The van der Waals surface area contributed by atoms with Crippen molar-refractivity contribution in [2.45, 2.75) is 20.8 Å². The molecule has 3 rings (SSSR count). The van der Waals surface area contributed by atoms with Gasteiger partial charge in [0.15, 0.2) is 6.61 Å². The lowest BCUT2D eigenvalue weighted by atomic mass is 10.0. The van der Waals surface area contributed by atoms with Gasteiger partial charge in [-0.05, 0) is 43.4 Å². The summed E-state index contributed by atoms with van der Waals surface area (Å²) in [6.07, 6.45) is 1.68. The molecule has 3 aromatic carbocycles. The molecule has 0 bridgehead atoms. The lowest BCUT2D eigenvalue weighted by Crippen LogP contribution is -2.24. The van der Waals surface area contributed by atoms with Crippen LogP contribution in [-0.2, 0) is 4.79 Å². The second-order valence-corrected chi connectivity index (χ2v) is 6.37. The van der Waals surface area contributed by atoms with Crippen LogP contribution < -0.4 is 10.2 Å². The van der Waals surface area contributed by atoms with Crippen molar-refractivity contribution in [3.63, 3.8) is 0 Å². The maximum atomic E-state index is 12.0. The summed E-state index contributed by atoms with van der Waals surface area (Å²) in [7, 11) is 0. The highest BCUT2D eigenvalue weighted by molar-refractivity contribution is 5.89. The molecule has 0 saturated heterocycles. The topological polar surface area (TPSA) is 50.7 Å². The molecule has 26 heavy (non-hydrogen) atoms. The zero-order valence-electron chi connectivity index (χ0n) is 15.2. The summed E-state index contributed by atoms with van der Waals surface area (Å²) < 4.78 is 5.66. The lowest BCUT2D eigenvalue weighted by Gasteiger charge is -2.09. The third kappa shape index (κ3) is 4.09. The Balaban J connectivity index is 1.61. The summed E-state index contributed by atoms with van der Waals surface area (Å²) in [4.78, 5) is 12.0. The Kier molecular flexibility index (Phi) is 5.32. The molecule has 0 radical (unpaired) electrons. The zero-order chi connectivity index (χ0) is 18.5. The fraction of sp³-hybridized carbons (Fsp3) is 0.182. The average Bonchev–Trinajstić information content (AvgIpc) is 2.62. The van der Waals surface area contributed by atoms with Gasteiger partial charge >= 0.3 is 0 Å². The molecule has 1 N–H and O–H groups in total. The Bertz CT molecular complexity index is 949. The molecule has 0 aliphatic carbocycles. The SMILES string of the molecule is Cc1cc(C)c(/C=N/NC(=O)COc2cccc3ccccc23)c(C)c1. The van der Waals surface area contributed by atoms with E-state index >= 15 is 0 Å². The molecule has 0 aliphatic rings. The van der Waals surface area contributed by atoms with E-state index < -0.39 is 0 Å². The van der Waals surface area contributed by atoms with Crippen LogP contribution in [0.5, 0.6) is 5.75 Å². The van der Waals surface area contributed by atoms with Gasteiger partial charge in [0.2, 0.25) is 0 Å². The minimum Gasteiger partial charge on any atom is -0.483 e. The van der Waals surface area contributed by atoms with Crippen LogP contribution in [0.1, 0.15) is 22.3 Å². The molecule has 1 amide bonds. The normalized spacial score (nSPS) is 11.0. The number of rotatable bonds is 5. The number of carbonyl (C=O) groups is 1. The van der Waals surface area contributed by atoms with E-state index in [1.165, 1.54) is 5.56 Å². The van der Waals surface area contributed by atoms with E-state index in [1.807, 2.05) is 56.3 Å². The molecule has 3 aromatic rings. The summed E-state index contributed by atoms with van der Waals surface area (Å²) in [6, 6.07) is 17.9. The van der Waals surface area contributed by atoms with Crippen LogP contribution >= 0.6 is 0 Å². The number of aryl methyl sites for hydroxylation is 3. The van der Waals surface area contributed by atoms with Crippen molar-refractivity contribution in [2.24, 2.45) is 5.10 Å². The average molecular weight is 346 g/mol. The fourth-order valence-corrected chi connectivity index (χ4v) is 3.06. The molecular formula is C22H22N2O2. The van der Waals surface area contributed by atoms with Gasteiger partial charge < -0.3 is 4.74 Å². The molecule has 4 nitrogen and oxygen atoms in total. The van der Waals surface area contributed by atoms with Gasteiger partial charge in [0.05, 0.1) is 6.21 Å². The summed E-state index contributed by atoms with van der Waals surface area (Å²) in [6.45, 7) is 6.05. The first-order valence-corrected chi connectivity index (χ1v) is 8.55. The predicted molar refractivity (Wildman–Crippen MR) is 106 cm³/mol. The summed E-state index contributed by atoms with van der Waals surface area (Å²) >= 11 is 0. The van der Waals surface area contributed by atoms with Gasteiger partial charge in [0.25, 0.3) is 5.91 Å². The molecule has 0 heterocycles. The smallest absolute Gasteiger partial charge is 0.277 e. The number of amides is 1. The standard InChI is InChI=1S/C22H22N2O2/c1-15-11-16(2)20(17(3)12-15)13-23-24-22(25)14-26-21-10-6-8-18-7-4-5-9-19(18)21/h4-13H,14H2,1-3H3,(H,24,25)/b23-13+. The van der Waals surface area contributed by atoms with Crippen molar-refractivity contribution in [1.82, 2.24) is 5.43 Å². The quantitative estimate of drug-likeness (QED) is 0.553. The van der Waals surface area contributed by atoms with Gasteiger partial charge in [-0.15, -0.1) is 0 Å². The van der Waals surface area contributed by atoms with Crippen LogP contribution in [-0.4, -0.2) is 18.7 Å². The number of nitrogens with zero attached hydrogens (tertiary/aromatic N) is 1. The second-order valence-electron chi connectivity index (χ2n) is 6.37. The number of hydrogen-bond acceptors (Lipinski definition) is 3. The summed E-state index contributed by atoms with van der Waals surface area (Å²) in [5, 5.41) is 6.12. The number of ether oxygens (including phenoxy) is 1. The van der Waals surface area contributed by atoms with E-state index in [0.717, 1.165) is 27.5 Å². The highest BCUT2D eigenvalue weighted by atomic mass is 16.5. The molecule has 132 valence electrons. The molecule has 0 aromatic heterocycles. The van der Waals surface area contributed by atoms with Gasteiger partial charge in [-0.25, -0.2) is 5.43 Å². The van der Waals surface area contributed by atoms with Crippen molar-refractivity contribution in [1.29, 1.82) is 0 Å². The van der Waals surface area contributed by atoms with Crippen LogP contribution in [0.25, 0.3) is 10.8 Å². The Morgan fingerprint density at radius 1 is 1.04 bits per heavy atom. The van der Waals surface area contributed by atoms with Crippen LogP contribution in [0.2, 0.25) is 0 Å². The number of hydrazone groups is 1. The first-order valence-electron chi connectivity index (χ1n) is 8.55. The molecule has 0 aliphatic heterocycles. The highest BCUT2D eigenvalue weighted by Gasteiger charge is 2.05. The van der Waals surface area contributed by atoms with Crippen LogP contribution in [0.15, 0.2) is 59.7 Å². The third-order valence-electron chi connectivity index (χ3n) is 4.23. The maximum absolute atomic E-state index is 12.0. The number of benzene rings is 3. The predicted octanol–water partition coefficient (Wildman–Crippen LogP) is 4.29. The molecule has 4 heteroatoms. The monoisotopic (exact) mass is 346 g/mol. The largest absolute Gasteiger partial charge is 0.483 e. The molecule has 0 saturated carbocycles. The molecule has 0 atom stereocenters. The highest BCUT2D eigenvalue weighted by Crippen LogP contribution is 2.24. The summed E-state index contributed by atoms with van der Waals surface area (Å²) in [5.74, 6) is 0.393. The Morgan fingerprint density at radius 3 is 2.50 bits per heavy atom. The molecule has 0 spiro atoms. The van der Waals surface area contributed by atoms with E-state index in [2.05, 4.69) is 29.6 Å². The van der Waals surface area contributed by atoms with E-state index in [0.29, 0.717) is 5.75 Å². The lowest BCUT2D eigenvalue weighted by molar-refractivity contribution is -0.123. The summed E-state index contributed by atoms with van der Waals surface area (Å²) in [5.41, 5.74) is 7.02. The van der Waals surface area contributed by atoms with Crippen molar-refractivity contribution in [3.05, 3.63) is 76.9 Å². The first-order chi connectivity index (χ1) is 12.5. The van der Waals surface area contributed by atoms with Gasteiger partial charge in [-0.3, -0.25) is 4.79 Å². The number of hydrogen-bond donors (Lipinski definition) is 1. The number of fused-ring (bicyclic) bond motifs is 1. The van der Waals surface area contributed by atoms with Crippen molar-refractivity contribution in [3.8, 4) is 5.75 Å². The van der Waals surface area contributed by atoms with Crippen LogP contribution in [0.3, 0.4) is 0 Å². The Labute approximate surface area is 153 Å². The molecule has 0 fully saturated rings. The molecule has 0 unspecified atom stereocenters. The maximum Gasteiger partial charge on any atom is 0.277 e. The molecular weight excluding hydrogens is 324 g/mol. The van der Waals surface area contributed by atoms with Crippen LogP contribution in [0, 0.1) is 20.8 Å². The number of carbonyl (C=O) groups excluding carboxylic acids is 1. The number of nitrogens with one attached hydrogen (secondary N) is 1. The van der Waals surface area contributed by atoms with E-state index in [4.69, 9.17) is 4.74 Å². The minimum absolute atomic E-state index is 0.0861. The van der Waals surface area contributed by atoms with Crippen molar-refractivity contribution < 1.29 is 9.53 Å². The fourth-order valence-electron chi connectivity index (χ4n) is 3.06. The van der Waals surface area contributed by atoms with Crippen molar-refractivity contribution >= 4 is 22.9 Å². The first kappa shape index (κ1) is 17.7. The van der Waals surface area contributed by atoms with E-state index in [-0.39, 0.29) is 12.5 Å².